The van der Waals surface area contributed by atoms with Crippen LogP contribution in [0.25, 0.3) is 0 Å². The van der Waals surface area contributed by atoms with Crippen molar-refractivity contribution >= 4 is 0 Å². The average Bonchev–Trinajstić information content (AvgIpc) is 3.22. The minimum absolute atomic E-state index is 0.415. The molecule has 1 heterocycles. The molecule has 8 heteroatoms. The zero-order chi connectivity index (χ0) is 23.0. The highest BCUT2D eigenvalue weighted by atomic mass is 19.4. The van der Waals surface area contributed by atoms with Gasteiger partial charge in [-0.25, -0.2) is 4.68 Å². The van der Waals surface area contributed by atoms with Crippen molar-refractivity contribution in [3.8, 4) is 5.75 Å². The summed E-state index contributed by atoms with van der Waals surface area (Å²) in [5.41, 5.74) is 0.793. The molecule has 0 aliphatic heterocycles. The fraction of sp³-hybridized carbons (Fsp3) is 0.417. The van der Waals surface area contributed by atoms with Crippen molar-refractivity contribution in [3.05, 3.63) is 77.1 Å². The summed E-state index contributed by atoms with van der Waals surface area (Å²) in [6.07, 6.45) is 0.0622. The molecule has 0 unspecified atom stereocenters. The number of alkyl halides is 3. The lowest BCUT2D eigenvalue weighted by Gasteiger charge is -2.43. The topological polar surface area (TPSA) is 52.0 Å². The molecule has 2 aromatic carbocycles. The molecule has 32 heavy (non-hydrogen) atoms. The van der Waals surface area contributed by atoms with Crippen LogP contribution in [0.5, 0.6) is 5.75 Å². The van der Waals surface area contributed by atoms with Crippen molar-refractivity contribution in [2.45, 2.75) is 56.9 Å². The standard InChI is InChI=1S/C24H27F3N4O/c1-22(2,20-10-4-5-11-21(20)32-3)31-16-19(29-30-31)15-28-23(12-7-13-23)17-8-6-9-18(14-17)24(25,26)27/h4-6,8-11,14,16,28H,7,12-13,15H2,1-3H3. The number of nitrogens with zero attached hydrogens (tertiary/aromatic N) is 3. The van der Waals surface area contributed by atoms with Gasteiger partial charge in [0, 0.05) is 17.6 Å². The first kappa shape index (κ1) is 22.3. The second kappa shape index (κ2) is 8.24. The predicted molar refractivity (Wildman–Crippen MR) is 115 cm³/mol. The van der Waals surface area contributed by atoms with Crippen molar-refractivity contribution in [3.63, 3.8) is 0 Å². The molecule has 3 aromatic rings. The number of nitrogens with one attached hydrogen (secondary N) is 1. The Bertz CT molecular complexity index is 1090. The highest BCUT2D eigenvalue weighted by Gasteiger charge is 2.40. The van der Waals surface area contributed by atoms with Crippen LogP contribution in [0.15, 0.2) is 54.7 Å². The van der Waals surface area contributed by atoms with Crippen LogP contribution in [0.1, 0.15) is 55.5 Å². The molecule has 1 aliphatic rings. The van der Waals surface area contributed by atoms with E-state index in [1.165, 1.54) is 12.1 Å². The van der Waals surface area contributed by atoms with Gasteiger partial charge in [0.25, 0.3) is 0 Å². The van der Waals surface area contributed by atoms with E-state index in [0.29, 0.717) is 12.1 Å². The molecule has 5 nitrogen and oxygen atoms in total. The molecular weight excluding hydrogens is 417 g/mol. The fourth-order valence-electron chi connectivity index (χ4n) is 4.28. The third-order valence-electron chi connectivity index (χ3n) is 6.44. The number of hydrogen-bond donors (Lipinski definition) is 1. The Balaban J connectivity index is 1.53. The Morgan fingerprint density at radius 2 is 1.84 bits per heavy atom. The highest BCUT2D eigenvalue weighted by molar-refractivity contribution is 5.39. The fourth-order valence-corrected chi connectivity index (χ4v) is 4.28. The van der Waals surface area contributed by atoms with E-state index in [9.17, 15) is 13.2 Å². The van der Waals surface area contributed by atoms with Crippen LogP contribution >= 0.6 is 0 Å². The van der Waals surface area contributed by atoms with Gasteiger partial charge < -0.3 is 10.1 Å². The monoisotopic (exact) mass is 444 g/mol. The largest absolute Gasteiger partial charge is 0.496 e. The first-order valence-corrected chi connectivity index (χ1v) is 10.6. The Hall–Kier alpha value is -2.87. The lowest BCUT2D eigenvalue weighted by Crippen LogP contribution is -2.47. The second-order valence-corrected chi connectivity index (χ2v) is 8.78. The number of methoxy groups -OCH3 is 1. The first-order chi connectivity index (χ1) is 15.2. The third kappa shape index (κ3) is 4.11. The molecule has 1 fully saturated rings. The normalized spacial score (nSPS) is 15.9. The molecule has 1 saturated carbocycles. The number of rotatable bonds is 7. The number of aromatic nitrogens is 3. The maximum Gasteiger partial charge on any atom is 0.416 e. The molecule has 1 N–H and O–H groups in total. The van der Waals surface area contributed by atoms with Gasteiger partial charge in [0.2, 0.25) is 0 Å². The van der Waals surface area contributed by atoms with Crippen LogP contribution < -0.4 is 10.1 Å². The summed E-state index contributed by atoms with van der Waals surface area (Å²) in [5.74, 6) is 0.769. The molecule has 1 aliphatic carbocycles. The van der Waals surface area contributed by atoms with Crippen LogP contribution in [-0.4, -0.2) is 22.1 Å². The Labute approximate surface area is 185 Å². The molecule has 1 aromatic heterocycles. The van der Waals surface area contributed by atoms with Crippen LogP contribution in [0.4, 0.5) is 13.2 Å². The number of benzene rings is 2. The number of para-hydroxylation sites is 1. The summed E-state index contributed by atoms with van der Waals surface area (Å²) < 4.78 is 46.9. The SMILES string of the molecule is COc1ccccc1C(C)(C)n1cc(CNC2(c3cccc(C(F)(F)F)c3)CCC2)nn1. The van der Waals surface area contributed by atoms with Gasteiger partial charge in [-0.15, -0.1) is 5.10 Å². The maximum atomic E-state index is 13.2. The number of halogens is 3. The summed E-state index contributed by atoms with van der Waals surface area (Å²) in [5, 5.41) is 12.1. The molecule has 0 atom stereocenters. The van der Waals surface area contributed by atoms with Gasteiger partial charge in [0.1, 0.15) is 5.75 Å². The van der Waals surface area contributed by atoms with Gasteiger partial charge in [-0.1, -0.05) is 35.5 Å². The van der Waals surface area contributed by atoms with E-state index in [-0.39, 0.29) is 0 Å². The van der Waals surface area contributed by atoms with Crippen molar-refractivity contribution < 1.29 is 17.9 Å². The number of hydrogen-bond acceptors (Lipinski definition) is 4. The predicted octanol–water partition coefficient (Wildman–Crippen LogP) is 5.26. The van der Waals surface area contributed by atoms with Crippen molar-refractivity contribution in [1.29, 1.82) is 0 Å². The van der Waals surface area contributed by atoms with Crippen LogP contribution in [0, 0.1) is 0 Å². The van der Waals surface area contributed by atoms with Crippen molar-refractivity contribution in [2.24, 2.45) is 0 Å². The molecule has 0 saturated heterocycles. The molecular formula is C24H27F3N4O. The van der Waals surface area contributed by atoms with Crippen LogP contribution in [0.3, 0.4) is 0 Å². The Morgan fingerprint density at radius 1 is 1.09 bits per heavy atom. The lowest BCUT2D eigenvalue weighted by atomic mass is 9.71. The maximum absolute atomic E-state index is 13.2. The van der Waals surface area contributed by atoms with Gasteiger partial charge in [-0.2, -0.15) is 13.2 Å². The molecule has 4 rings (SSSR count). The molecule has 170 valence electrons. The number of ether oxygens (including phenoxy) is 1. The van der Waals surface area contributed by atoms with Gasteiger partial charge in [-0.3, -0.25) is 0 Å². The first-order valence-electron chi connectivity index (χ1n) is 10.6. The van der Waals surface area contributed by atoms with Gasteiger partial charge in [-0.05, 0) is 56.9 Å². The average molecular weight is 445 g/mol. The van der Waals surface area contributed by atoms with Gasteiger partial charge >= 0.3 is 6.18 Å². The van der Waals surface area contributed by atoms with E-state index in [1.54, 1.807) is 17.9 Å². The minimum atomic E-state index is -4.35. The van der Waals surface area contributed by atoms with Gasteiger partial charge in [0.15, 0.2) is 0 Å². The highest BCUT2D eigenvalue weighted by Crippen LogP contribution is 2.43. The zero-order valence-corrected chi connectivity index (χ0v) is 18.4. The summed E-state index contributed by atoms with van der Waals surface area (Å²) >= 11 is 0. The van der Waals surface area contributed by atoms with Crippen molar-refractivity contribution in [1.82, 2.24) is 20.3 Å². The Kier molecular flexibility index (Phi) is 5.75. The van der Waals surface area contributed by atoms with Gasteiger partial charge in [0.05, 0.1) is 30.1 Å². The van der Waals surface area contributed by atoms with Crippen LogP contribution in [0.2, 0.25) is 0 Å². The summed E-state index contributed by atoms with van der Waals surface area (Å²) in [6, 6.07) is 13.4. The summed E-state index contributed by atoms with van der Waals surface area (Å²) in [6.45, 7) is 4.48. The van der Waals surface area contributed by atoms with Crippen molar-refractivity contribution in [2.75, 3.05) is 7.11 Å². The van der Waals surface area contributed by atoms with E-state index < -0.39 is 22.8 Å². The van der Waals surface area contributed by atoms with E-state index >= 15 is 0 Å². The minimum Gasteiger partial charge on any atom is -0.496 e. The second-order valence-electron chi connectivity index (χ2n) is 8.78. The third-order valence-corrected chi connectivity index (χ3v) is 6.44. The smallest absolute Gasteiger partial charge is 0.416 e. The quantitative estimate of drug-likeness (QED) is 0.540. The van der Waals surface area contributed by atoms with Crippen LogP contribution in [-0.2, 0) is 23.8 Å². The molecule has 0 bridgehead atoms. The molecule has 0 spiro atoms. The molecule has 0 amide bonds. The summed E-state index contributed by atoms with van der Waals surface area (Å²) in [7, 11) is 1.64. The van der Waals surface area contributed by atoms with E-state index in [0.717, 1.165) is 42.3 Å². The Morgan fingerprint density at radius 3 is 2.50 bits per heavy atom. The van der Waals surface area contributed by atoms with E-state index in [1.807, 2.05) is 44.3 Å². The van der Waals surface area contributed by atoms with E-state index in [2.05, 4.69) is 15.6 Å². The van der Waals surface area contributed by atoms with E-state index in [4.69, 9.17) is 4.74 Å². The molecule has 0 radical (unpaired) electrons. The zero-order valence-electron chi connectivity index (χ0n) is 18.4. The summed E-state index contributed by atoms with van der Waals surface area (Å²) in [4.78, 5) is 0. The lowest BCUT2D eigenvalue weighted by molar-refractivity contribution is -0.137.